The van der Waals surface area contributed by atoms with Crippen LogP contribution in [0.1, 0.15) is 31.2 Å². The van der Waals surface area contributed by atoms with Gasteiger partial charge in [-0.1, -0.05) is 24.4 Å². The van der Waals surface area contributed by atoms with E-state index in [0.717, 1.165) is 61.7 Å². The third-order valence-corrected chi connectivity index (χ3v) is 7.00. The van der Waals surface area contributed by atoms with Crippen molar-refractivity contribution in [3.8, 4) is 17.0 Å². The Morgan fingerprint density at radius 2 is 1.88 bits per heavy atom. The summed E-state index contributed by atoms with van der Waals surface area (Å²) in [4.78, 5) is 26.5. The molecule has 1 saturated heterocycles. The van der Waals surface area contributed by atoms with Crippen molar-refractivity contribution in [2.24, 2.45) is 5.92 Å². The van der Waals surface area contributed by atoms with Crippen LogP contribution in [0.15, 0.2) is 30.6 Å². The maximum atomic E-state index is 12.7. The largest absolute Gasteiger partial charge is 0.495 e. The number of benzene rings is 1. The van der Waals surface area contributed by atoms with E-state index in [1.165, 1.54) is 12.8 Å². The van der Waals surface area contributed by atoms with Gasteiger partial charge in [0.05, 0.1) is 17.8 Å². The Labute approximate surface area is 193 Å². The van der Waals surface area contributed by atoms with Crippen LogP contribution in [0.5, 0.6) is 5.75 Å². The van der Waals surface area contributed by atoms with Crippen molar-refractivity contribution in [3.63, 3.8) is 0 Å². The predicted molar refractivity (Wildman–Crippen MR) is 125 cm³/mol. The van der Waals surface area contributed by atoms with Crippen LogP contribution in [0, 0.1) is 12.8 Å². The van der Waals surface area contributed by atoms with Crippen LogP contribution in [-0.2, 0) is 4.79 Å². The van der Waals surface area contributed by atoms with Gasteiger partial charge in [-0.3, -0.25) is 9.20 Å². The lowest BCUT2D eigenvalue weighted by atomic mass is 10.1. The highest BCUT2D eigenvalue weighted by atomic mass is 35.5. The number of carbonyl (C=O) groups excluding carboxylic acids is 1. The SMILES string of the molecule is COc1cc(C)c(-c2cn3ccc(N4CCN(C(=O)C5CCCC5)CC4)nc3n2)cc1Cl. The minimum atomic E-state index is 0.245. The molecule has 5 rings (SSSR count). The van der Waals surface area contributed by atoms with E-state index in [9.17, 15) is 4.79 Å². The van der Waals surface area contributed by atoms with E-state index < -0.39 is 0 Å². The van der Waals surface area contributed by atoms with Gasteiger partial charge in [-0.05, 0) is 43.5 Å². The Bertz CT molecular complexity index is 1150. The van der Waals surface area contributed by atoms with E-state index in [4.69, 9.17) is 26.3 Å². The molecule has 7 nitrogen and oxygen atoms in total. The fourth-order valence-corrected chi connectivity index (χ4v) is 5.08. The highest BCUT2D eigenvalue weighted by Crippen LogP contribution is 2.33. The Hall–Kier alpha value is -2.80. The highest BCUT2D eigenvalue weighted by Gasteiger charge is 2.29. The summed E-state index contributed by atoms with van der Waals surface area (Å²) in [6, 6.07) is 5.83. The number of fused-ring (bicyclic) bond motifs is 1. The zero-order valence-corrected chi connectivity index (χ0v) is 19.3. The van der Waals surface area contributed by atoms with Gasteiger partial charge in [0.25, 0.3) is 0 Å². The van der Waals surface area contributed by atoms with Crippen LogP contribution in [0.4, 0.5) is 5.82 Å². The van der Waals surface area contributed by atoms with Crippen LogP contribution in [0.3, 0.4) is 0 Å². The van der Waals surface area contributed by atoms with Gasteiger partial charge in [-0.15, -0.1) is 0 Å². The molecule has 8 heteroatoms. The van der Waals surface area contributed by atoms with Gasteiger partial charge in [0, 0.05) is 50.1 Å². The van der Waals surface area contributed by atoms with Crippen LogP contribution in [-0.4, -0.2) is 58.5 Å². The Kier molecular flexibility index (Phi) is 5.67. The van der Waals surface area contributed by atoms with Crippen LogP contribution >= 0.6 is 11.6 Å². The molecule has 0 atom stereocenters. The van der Waals surface area contributed by atoms with Gasteiger partial charge in [-0.25, -0.2) is 4.98 Å². The molecule has 2 aromatic heterocycles. The first-order chi connectivity index (χ1) is 15.5. The summed E-state index contributed by atoms with van der Waals surface area (Å²) in [7, 11) is 1.61. The smallest absolute Gasteiger partial charge is 0.236 e. The Balaban J connectivity index is 1.33. The number of aromatic nitrogens is 3. The lowest BCUT2D eigenvalue weighted by molar-refractivity contribution is -0.135. The third-order valence-electron chi connectivity index (χ3n) is 6.71. The summed E-state index contributed by atoms with van der Waals surface area (Å²) in [5.74, 6) is 2.79. The number of aryl methyl sites for hydroxylation is 1. The van der Waals surface area contributed by atoms with Crippen molar-refractivity contribution in [2.75, 3.05) is 38.2 Å². The quantitative estimate of drug-likeness (QED) is 0.592. The van der Waals surface area contributed by atoms with Gasteiger partial charge in [0.1, 0.15) is 11.6 Å². The van der Waals surface area contributed by atoms with Crippen molar-refractivity contribution in [1.29, 1.82) is 0 Å². The highest BCUT2D eigenvalue weighted by molar-refractivity contribution is 6.32. The molecule has 2 aliphatic rings. The number of carbonyl (C=O) groups is 1. The number of imidazole rings is 1. The fourth-order valence-electron chi connectivity index (χ4n) is 4.84. The summed E-state index contributed by atoms with van der Waals surface area (Å²) in [5.41, 5.74) is 2.82. The van der Waals surface area contributed by atoms with Gasteiger partial charge in [0.2, 0.25) is 11.7 Å². The molecule has 0 N–H and O–H groups in total. The van der Waals surface area contributed by atoms with Crippen molar-refractivity contribution in [3.05, 3.63) is 41.2 Å². The van der Waals surface area contributed by atoms with Gasteiger partial charge < -0.3 is 14.5 Å². The topological polar surface area (TPSA) is 63.0 Å². The zero-order valence-electron chi connectivity index (χ0n) is 18.6. The number of rotatable bonds is 4. The maximum Gasteiger partial charge on any atom is 0.236 e. The minimum Gasteiger partial charge on any atom is -0.495 e. The molecule has 1 saturated carbocycles. The average molecular weight is 454 g/mol. The molecule has 1 aliphatic carbocycles. The Morgan fingerprint density at radius 3 is 2.59 bits per heavy atom. The summed E-state index contributed by atoms with van der Waals surface area (Å²) in [6.07, 6.45) is 8.45. The second-order valence-corrected chi connectivity index (χ2v) is 9.12. The predicted octanol–water partition coefficient (Wildman–Crippen LogP) is 4.21. The fraction of sp³-hybridized carbons (Fsp3) is 0.458. The van der Waals surface area contributed by atoms with Gasteiger partial charge in [0.15, 0.2) is 0 Å². The van der Waals surface area contributed by atoms with Crippen molar-refractivity contribution < 1.29 is 9.53 Å². The first kappa shape index (κ1) is 21.1. The number of amides is 1. The van der Waals surface area contributed by atoms with E-state index in [0.29, 0.717) is 22.5 Å². The normalized spacial score (nSPS) is 17.3. The second-order valence-electron chi connectivity index (χ2n) is 8.71. The summed E-state index contributed by atoms with van der Waals surface area (Å²) >= 11 is 6.34. The number of anilines is 1. The number of nitrogens with zero attached hydrogens (tertiary/aromatic N) is 5. The molecule has 0 unspecified atom stereocenters. The van der Waals surface area contributed by atoms with Gasteiger partial charge >= 0.3 is 0 Å². The van der Waals surface area contributed by atoms with E-state index >= 15 is 0 Å². The molecule has 1 aromatic carbocycles. The van der Waals surface area contributed by atoms with E-state index in [2.05, 4.69) is 4.90 Å². The summed E-state index contributed by atoms with van der Waals surface area (Å²) < 4.78 is 7.24. The van der Waals surface area contributed by atoms with Gasteiger partial charge in [-0.2, -0.15) is 4.98 Å². The van der Waals surface area contributed by atoms with Crippen molar-refractivity contribution >= 4 is 29.1 Å². The summed E-state index contributed by atoms with van der Waals surface area (Å²) in [5, 5.41) is 0.559. The van der Waals surface area contributed by atoms with Crippen LogP contribution in [0.2, 0.25) is 5.02 Å². The molecule has 0 radical (unpaired) electrons. The lowest BCUT2D eigenvalue weighted by Gasteiger charge is -2.36. The monoisotopic (exact) mass is 453 g/mol. The van der Waals surface area contributed by atoms with Crippen LogP contribution in [0.25, 0.3) is 17.0 Å². The number of methoxy groups -OCH3 is 1. The molecular formula is C24H28ClN5O2. The molecule has 32 heavy (non-hydrogen) atoms. The van der Waals surface area contributed by atoms with E-state index in [1.54, 1.807) is 7.11 Å². The first-order valence-electron chi connectivity index (χ1n) is 11.3. The number of hydrogen-bond acceptors (Lipinski definition) is 5. The first-order valence-corrected chi connectivity index (χ1v) is 11.7. The van der Waals surface area contributed by atoms with E-state index in [1.807, 2.05) is 46.8 Å². The summed E-state index contributed by atoms with van der Waals surface area (Å²) in [6.45, 7) is 5.12. The molecule has 0 spiro atoms. The Morgan fingerprint density at radius 1 is 1.12 bits per heavy atom. The number of hydrogen-bond donors (Lipinski definition) is 0. The number of halogens is 1. The van der Waals surface area contributed by atoms with E-state index in [-0.39, 0.29) is 5.92 Å². The zero-order chi connectivity index (χ0) is 22.2. The molecule has 1 aliphatic heterocycles. The molecular weight excluding hydrogens is 426 g/mol. The van der Waals surface area contributed by atoms with Crippen molar-refractivity contribution in [2.45, 2.75) is 32.6 Å². The van der Waals surface area contributed by atoms with Crippen molar-refractivity contribution in [1.82, 2.24) is 19.3 Å². The molecule has 2 fully saturated rings. The molecule has 168 valence electrons. The second kappa shape index (κ2) is 8.62. The molecule has 0 bridgehead atoms. The maximum absolute atomic E-state index is 12.7. The third kappa shape index (κ3) is 3.90. The molecule has 3 aromatic rings. The number of piperazine rings is 1. The molecule has 3 heterocycles. The standard InChI is InChI=1S/C24H28ClN5O2/c1-16-13-21(32-2)19(25)14-18(16)20-15-30-8-7-22(27-24(30)26-20)28-9-11-29(12-10-28)23(31)17-5-3-4-6-17/h7-8,13-15,17H,3-6,9-12H2,1-2H3. The van der Waals surface area contributed by atoms with Crippen LogP contribution < -0.4 is 9.64 Å². The minimum absolute atomic E-state index is 0.245. The number of ether oxygens (including phenoxy) is 1. The average Bonchev–Trinajstić information content (AvgIpc) is 3.49. The molecule has 1 amide bonds. The lowest BCUT2D eigenvalue weighted by Crippen LogP contribution is -2.50.